The van der Waals surface area contributed by atoms with Crippen molar-refractivity contribution in [2.75, 3.05) is 7.05 Å². The first kappa shape index (κ1) is 17.9. The zero-order chi connectivity index (χ0) is 15.1. The Balaban J connectivity index is 4.40. The van der Waals surface area contributed by atoms with Gasteiger partial charge < -0.3 is 5.32 Å². The monoisotopic (exact) mass is 288 g/mol. The molecule has 0 aliphatic rings. The minimum atomic E-state index is -3.37. The van der Waals surface area contributed by atoms with Gasteiger partial charge in [-0.25, -0.2) is 8.42 Å². The van der Waals surface area contributed by atoms with Crippen LogP contribution in [-0.4, -0.2) is 37.8 Å². The highest BCUT2D eigenvalue weighted by molar-refractivity contribution is 7.92. The Bertz CT molecular complexity index is 439. The summed E-state index contributed by atoms with van der Waals surface area (Å²) in [6, 6.07) is -0.194. The summed E-state index contributed by atoms with van der Waals surface area (Å²) in [6.45, 7) is 7.21. The van der Waals surface area contributed by atoms with E-state index >= 15 is 0 Å². The molecule has 1 atom stereocenters. The average Bonchev–Trinajstić information content (AvgIpc) is 2.27. The van der Waals surface area contributed by atoms with Gasteiger partial charge in [-0.15, -0.1) is 0 Å². The molecule has 1 amide bonds. The van der Waals surface area contributed by atoms with Crippen molar-refractivity contribution < 1.29 is 13.2 Å². The lowest BCUT2D eigenvalue weighted by Gasteiger charge is -2.18. The van der Waals surface area contributed by atoms with Gasteiger partial charge in [-0.1, -0.05) is 12.2 Å². The summed E-state index contributed by atoms with van der Waals surface area (Å²) in [5.74, 6) is -0.175. The summed E-state index contributed by atoms with van der Waals surface area (Å²) < 4.78 is 24.9. The van der Waals surface area contributed by atoms with Crippen molar-refractivity contribution in [1.82, 2.24) is 9.62 Å². The average molecular weight is 288 g/mol. The van der Waals surface area contributed by atoms with Crippen LogP contribution in [0.1, 0.15) is 34.1 Å². The first-order chi connectivity index (χ1) is 8.70. The van der Waals surface area contributed by atoms with E-state index < -0.39 is 10.0 Å². The van der Waals surface area contributed by atoms with Gasteiger partial charge in [0.25, 0.3) is 0 Å². The number of hydrogen-bond acceptors (Lipinski definition) is 3. The van der Waals surface area contributed by atoms with Gasteiger partial charge in [0.05, 0.1) is 0 Å². The second-order valence-electron chi connectivity index (χ2n) is 4.67. The third-order valence-electron chi connectivity index (χ3n) is 2.59. The summed E-state index contributed by atoms with van der Waals surface area (Å²) in [6.07, 6.45) is 5.12. The molecule has 0 aliphatic heterocycles. The SMILES string of the molecule is C/C=C/C(=O)NC(C)C/C=C/S(=O)(=O)N(C)C(C)C. The quantitative estimate of drug-likeness (QED) is 0.724. The summed E-state index contributed by atoms with van der Waals surface area (Å²) >= 11 is 0. The highest BCUT2D eigenvalue weighted by atomic mass is 32.2. The van der Waals surface area contributed by atoms with Crippen molar-refractivity contribution in [2.24, 2.45) is 0 Å². The molecule has 0 spiro atoms. The molecule has 0 saturated heterocycles. The largest absolute Gasteiger partial charge is 0.350 e. The molecular formula is C13H24N2O3S. The molecule has 0 aromatic carbocycles. The molecule has 0 radical (unpaired) electrons. The number of carbonyl (C=O) groups is 1. The zero-order valence-electron chi connectivity index (χ0n) is 12.3. The molecular weight excluding hydrogens is 264 g/mol. The van der Waals surface area contributed by atoms with Crippen LogP contribution in [0.3, 0.4) is 0 Å². The molecule has 6 heteroatoms. The molecule has 0 bridgehead atoms. The summed E-state index contributed by atoms with van der Waals surface area (Å²) in [5, 5.41) is 3.92. The Morgan fingerprint density at radius 3 is 2.37 bits per heavy atom. The van der Waals surface area contributed by atoms with Gasteiger partial charge in [-0.05, 0) is 40.2 Å². The molecule has 0 aromatic rings. The maximum absolute atomic E-state index is 11.8. The fourth-order valence-corrected chi connectivity index (χ4v) is 2.41. The van der Waals surface area contributed by atoms with E-state index in [2.05, 4.69) is 5.32 Å². The van der Waals surface area contributed by atoms with Crippen molar-refractivity contribution >= 4 is 15.9 Å². The van der Waals surface area contributed by atoms with E-state index in [1.807, 2.05) is 20.8 Å². The lowest BCUT2D eigenvalue weighted by atomic mass is 10.2. The van der Waals surface area contributed by atoms with Gasteiger partial charge in [0, 0.05) is 24.5 Å². The summed E-state index contributed by atoms with van der Waals surface area (Å²) in [7, 11) is -1.82. The van der Waals surface area contributed by atoms with Crippen molar-refractivity contribution in [3.63, 3.8) is 0 Å². The van der Waals surface area contributed by atoms with Gasteiger partial charge in [0.2, 0.25) is 15.9 Å². The van der Waals surface area contributed by atoms with Crippen LogP contribution < -0.4 is 5.32 Å². The molecule has 5 nitrogen and oxygen atoms in total. The number of nitrogens with zero attached hydrogens (tertiary/aromatic N) is 1. The Kier molecular flexibility index (Phi) is 7.63. The molecule has 1 unspecified atom stereocenters. The van der Waals surface area contributed by atoms with E-state index in [0.29, 0.717) is 6.42 Å². The van der Waals surface area contributed by atoms with Crippen LogP contribution in [0.15, 0.2) is 23.6 Å². The van der Waals surface area contributed by atoms with E-state index in [9.17, 15) is 13.2 Å². The molecule has 0 rings (SSSR count). The van der Waals surface area contributed by atoms with Crippen molar-refractivity contribution in [3.05, 3.63) is 23.6 Å². The van der Waals surface area contributed by atoms with Crippen LogP contribution in [0.25, 0.3) is 0 Å². The van der Waals surface area contributed by atoms with E-state index in [4.69, 9.17) is 0 Å². The molecule has 0 fully saturated rings. The van der Waals surface area contributed by atoms with Gasteiger partial charge in [-0.3, -0.25) is 4.79 Å². The van der Waals surface area contributed by atoms with E-state index in [1.165, 1.54) is 15.8 Å². The molecule has 1 N–H and O–H groups in total. The second kappa shape index (κ2) is 8.12. The van der Waals surface area contributed by atoms with Crippen molar-refractivity contribution in [1.29, 1.82) is 0 Å². The number of amides is 1. The molecule has 0 aliphatic carbocycles. The van der Waals surface area contributed by atoms with Crippen LogP contribution in [-0.2, 0) is 14.8 Å². The van der Waals surface area contributed by atoms with Gasteiger partial charge in [0.15, 0.2) is 0 Å². The van der Waals surface area contributed by atoms with Crippen molar-refractivity contribution in [2.45, 2.75) is 46.2 Å². The minimum absolute atomic E-state index is 0.0820. The third-order valence-corrected chi connectivity index (χ3v) is 4.35. The topological polar surface area (TPSA) is 66.5 Å². The number of allylic oxidation sites excluding steroid dienone is 1. The smallest absolute Gasteiger partial charge is 0.243 e. The van der Waals surface area contributed by atoms with Gasteiger partial charge >= 0.3 is 0 Å². The van der Waals surface area contributed by atoms with E-state index in [1.54, 1.807) is 26.1 Å². The highest BCUT2D eigenvalue weighted by Crippen LogP contribution is 2.06. The fourth-order valence-electron chi connectivity index (χ4n) is 1.27. The molecule has 0 heterocycles. The van der Waals surface area contributed by atoms with Crippen LogP contribution in [0.5, 0.6) is 0 Å². The molecule has 110 valence electrons. The summed E-state index contributed by atoms with van der Waals surface area (Å²) in [4.78, 5) is 11.3. The lowest BCUT2D eigenvalue weighted by molar-refractivity contribution is -0.117. The first-order valence-electron chi connectivity index (χ1n) is 6.28. The predicted octanol–water partition coefficient (Wildman–Crippen LogP) is 1.64. The summed E-state index contributed by atoms with van der Waals surface area (Å²) in [5.41, 5.74) is 0. The second-order valence-corrected chi connectivity index (χ2v) is 6.55. The van der Waals surface area contributed by atoms with Crippen LogP contribution in [0, 0.1) is 0 Å². The Labute approximate surface area is 116 Å². The Hall–Kier alpha value is -1.14. The number of nitrogens with one attached hydrogen (secondary N) is 1. The first-order valence-corrected chi connectivity index (χ1v) is 7.78. The molecule has 0 aromatic heterocycles. The number of rotatable bonds is 7. The number of hydrogen-bond donors (Lipinski definition) is 1. The van der Waals surface area contributed by atoms with Gasteiger partial charge in [0.1, 0.15) is 0 Å². The van der Waals surface area contributed by atoms with Crippen LogP contribution >= 0.6 is 0 Å². The Morgan fingerprint density at radius 2 is 1.89 bits per heavy atom. The van der Waals surface area contributed by atoms with Crippen LogP contribution in [0.2, 0.25) is 0 Å². The molecule has 19 heavy (non-hydrogen) atoms. The van der Waals surface area contributed by atoms with E-state index in [0.717, 1.165) is 0 Å². The Morgan fingerprint density at radius 1 is 1.32 bits per heavy atom. The van der Waals surface area contributed by atoms with E-state index in [-0.39, 0.29) is 18.0 Å². The van der Waals surface area contributed by atoms with Gasteiger partial charge in [-0.2, -0.15) is 4.31 Å². The predicted molar refractivity (Wildman–Crippen MR) is 78.0 cm³/mol. The standard InChI is InChI=1S/C13H24N2O3S/c1-6-8-13(16)14-12(4)9-7-10-19(17,18)15(5)11(2)3/h6-8,10-12H,9H2,1-5H3,(H,14,16)/b8-6+,10-7+. The van der Waals surface area contributed by atoms with Crippen LogP contribution in [0.4, 0.5) is 0 Å². The normalized spacial score (nSPS) is 14.7. The number of carbonyl (C=O) groups excluding carboxylic acids is 1. The lowest BCUT2D eigenvalue weighted by Crippen LogP contribution is -2.32. The number of sulfonamides is 1. The minimum Gasteiger partial charge on any atom is -0.350 e. The maximum Gasteiger partial charge on any atom is 0.243 e. The van der Waals surface area contributed by atoms with Crippen molar-refractivity contribution in [3.8, 4) is 0 Å². The molecule has 0 saturated carbocycles. The fraction of sp³-hybridized carbons (Fsp3) is 0.615. The highest BCUT2D eigenvalue weighted by Gasteiger charge is 2.16. The zero-order valence-corrected chi connectivity index (χ0v) is 13.1. The third kappa shape index (κ3) is 7.12. The maximum atomic E-state index is 11.8.